The van der Waals surface area contributed by atoms with Gasteiger partial charge in [0.15, 0.2) is 0 Å². The summed E-state index contributed by atoms with van der Waals surface area (Å²) in [5.74, 6) is 0.928. The summed E-state index contributed by atoms with van der Waals surface area (Å²) in [6.07, 6.45) is 1.95. The van der Waals surface area contributed by atoms with E-state index in [1.165, 1.54) is 5.56 Å². The van der Waals surface area contributed by atoms with Gasteiger partial charge in [0.1, 0.15) is 5.75 Å². The molecule has 0 fully saturated rings. The maximum absolute atomic E-state index is 9.11. The molecule has 0 spiro atoms. The van der Waals surface area contributed by atoms with Crippen LogP contribution in [0.1, 0.15) is 32.3 Å². The number of benzene rings is 1. The first kappa shape index (κ1) is 14.0. The van der Waals surface area contributed by atoms with Crippen LogP contribution in [0.25, 0.3) is 0 Å². The Balaban J connectivity index is 2.29. The molecule has 0 radical (unpaired) electrons. The van der Waals surface area contributed by atoms with Crippen LogP contribution in [0.5, 0.6) is 5.75 Å². The minimum absolute atomic E-state index is 0.299. The average molecular weight is 237 g/mol. The van der Waals surface area contributed by atoms with Crippen LogP contribution in [0.15, 0.2) is 24.3 Å². The van der Waals surface area contributed by atoms with E-state index in [1.807, 2.05) is 12.1 Å². The summed E-state index contributed by atoms with van der Waals surface area (Å²) in [4.78, 5) is 0. The van der Waals surface area contributed by atoms with Gasteiger partial charge in [-0.05, 0) is 31.0 Å². The number of rotatable bonds is 8. The molecule has 0 aliphatic rings. The molecule has 0 aliphatic carbocycles. The van der Waals surface area contributed by atoms with Crippen molar-refractivity contribution in [3.8, 4) is 5.75 Å². The highest BCUT2D eigenvalue weighted by Gasteiger charge is 1.97. The fraction of sp³-hybridized carbons (Fsp3) is 0.571. The maximum Gasteiger partial charge on any atom is 0.119 e. The third-order valence-corrected chi connectivity index (χ3v) is 2.46. The van der Waals surface area contributed by atoms with Crippen molar-refractivity contribution in [3.63, 3.8) is 0 Å². The summed E-state index contributed by atoms with van der Waals surface area (Å²) < 4.78 is 5.58. The number of hydrogen-bond acceptors (Lipinski definition) is 3. The molecule has 1 aromatic rings. The van der Waals surface area contributed by atoms with Gasteiger partial charge >= 0.3 is 0 Å². The summed E-state index contributed by atoms with van der Waals surface area (Å²) in [5.41, 5.74) is 1.20. The summed E-state index contributed by atoms with van der Waals surface area (Å²) in [6.45, 7) is 6.11. The van der Waals surface area contributed by atoms with Gasteiger partial charge in [0, 0.05) is 13.1 Å². The third-order valence-electron chi connectivity index (χ3n) is 2.46. The molecule has 0 saturated carbocycles. The smallest absolute Gasteiger partial charge is 0.119 e. The second kappa shape index (κ2) is 8.09. The first-order valence-corrected chi connectivity index (χ1v) is 6.33. The largest absolute Gasteiger partial charge is 0.494 e. The highest BCUT2D eigenvalue weighted by atomic mass is 16.5. The van der Waals surface area contributed by atoms with E-state index in [0.717, 1.165) is 31.7 Å². The fourth-order valence-electron chi connectivity index (χ4n) is 1.46. The van der Waals surface area contributed by atoms with Crippen LogP contribution < -0.4 is 10.1 Å². The second-order valence-electron chi connectivity index (χ2n) is 4.33. The molecule has 1 aromatic carbocycles. The Bertz CT molecular complexity index is 296. The van der Waals surface area contributed by atoms with E-state index in [4.69, 9.17) is 9.84 Å². The van der Waals surface area contributed by atoms with Gasteiger partial charge in [-0.1, -0.05) is 25.5 Å². The van der Waals surface area contributed by atoms with Crippen LogP contribution >= 0.6 is 0 Å². The van der Waals surface area contributed by atoms with Crippen molar-refractivity contribution < 1.29 is 9.84 Å². The van der Waals surface area contributed by atoms with Gasteiger partial charge in [-0.2, -0.15) is 0 Å². The van der Waals surface area contributed by atoms with Gasteiger partial charge < -0.3 is 15.2 Å². The molecular formula is C14H23NO2. The predicted octanol–water partition coefficient (Wildman–Crippen LogP) is 2.34. The molecule has 0 saturated heterocycles. The average Bonchev–Trinajstić information content (AvgIpc) is 2.31. The Hall–Kier alpha value is -1.06. The normalized spacial score (nSPS) is 12.4. The Morgan fingerprint density at radius 1 is 1.29 bits per heavy atom. The van der Waals surface area contributed by atoms with E-state index in [0.29, 0.717) is 6.54 Å². The van der Waals surface area contributed by atoms with Gasteiger partial charge in [0.05, 0.1) is 12.7 Å². The van der Waals surface area contributed by atoms with Crippen molar-refractivity contribution in [1.82, 2.24) is 5.32 Å². The van der Waals surface area contributed by atoms with Crippen LogP contribution in [-0.4, -0.2) is 24.4 Å². The Kier molecular flexibility index (Phi) is 6.67. The summed E-state index contributed by atoms with van der Waals surface area (Å²) >= 11 is 0. The lowest BCUT2D eigenvalue weighted by Crippen LogP contribution is -2.23. The monoisotopic (exact) mass is 237 g/mol. The molecule has 1 rings (SSSR count). The molecule has 17 heavy (non-hydrogen) atoms. The quantitative estimate of drug-likeness (QED) is 0.682. The number of ether oxygens (including phenoxy) is 1. The lowest BCUT2D eigenvalue weighted by molar-refractivity contribution is 0.191. The van der Waals surface area contributed by atoms with E-state index in [1.54, 1.807) is 6.92 Å². The minimum Gasteiger partial charge on any atom is -0.494 e. The summed E-state index contributed by atoms with van der Waals surface area (Å²) in [6, 6.07) is 8.09. The molecule has 3 heteroatoms. The Morgan fingerprint density at radius 3 is 2.59 bits per heavy atom. The highest BCUT2D eigenvalue weighted by molar-refractivity contribution is 5.27. The van der Waals surface area contributed by atoms with Crippen LogP contribution in [0, 0.1) is 0 Å². The zero-order valence-corrected chi connectivity index (χ0v) is 10.8. The standard InChI is InChI=1S/C14H23NO2/c1-3-4-9-17-14-7-5-13(6-8-14)11-15-10-12(2)16/h5-8,12,15-16H,3-4,9-11H2,1-2H3/t12-/m1/s1. The molecule has 0 bridgehead atoms. The number of nitrogens with one attached hydrogen (secondary N) is 1. The molecule has 0 aliphatic heterocycles. The SMILES string of the molecule is CCCCOc1ccc(CNC[C@@H](C)O)cc1. The molecule has 2 N–H and O–H groups in total. The summed E-state index contributed by atoms with van der Waals surface area (Å²) in [5, 5.41) is 12.3. The van der Waals surface area contributed by atoms with Crippen molar-refractivity contribution in [1.29, 1.82) is 0 Å². The topological polar surface area (TPSA) is 41.5 Å². The van der Waals surface area contributed by atoms with Gasteiger partial charge in [-0.3, -0.25) is 0 Å². The van der Waals surface area contributed by atoms with E-state index in [2.05, 4.69) is 24.4 Å². The van der Waals surface area contributed by atoms with Crippen LogP contribution in [0.2, 0.25) is 0 Å². The first-order valence-electron chi connectivity index (χ1n) is 6.33. The lowest BCUT2D eigenvalue weighted by atomic mass is 10.2. The highest BCUT2D eigenvalue weighted by Crippen LogP contribution is 2.12. The molecule has 0 amide bonds. The van der Waals surface area contributed by atoms with Gasteiger partial charge in [0.25, 0.3) is 0 Å². The number of unbranched alkanes of at least 4 members (excludes halogenated alkanes) is 1. The van der Waals surface area contributed by atoms with Gasteiger partial charge in [-0.25, -0.2) is 0 Å². The minimum atomic E-state index is -0.299. The van der Waals surface area contributed by atoms with Crippen LogP contribution in [0.3, 0.4) is 0 Å². The number of hydrogen-bond donors (Lipinski definition) is 2. The van der Waals surface area contributed by atoms with E-state index in [9.17, 15) is 0 Å². The van der Waals surface area contributed by atoms with Gasteiger partial charge in [0.2, 0.25) is 0 Å². The lowest BCUT2D eigenvalue weighted by Gasteiger charge is -2.08. The fourth-order valence-corrected chi connectivity index (χ4v) is 1.46. The maximum atomic E-state index is 9.11. The predicted molar refractivity (Wildman–Crippen MR) is 70.2 cm³/mol. The van der Waals surface area contributed by atoms with E-state index >= 15 is 0 Å². The Morgan fingerprint density at radius 2 is 2.00 bits per heavy atom. The first-order chi connectivity index (χ1) is 8.22. The van der Waals surface area contributed by atoms with Crippen LogP contribution in [-0.2, 0) is 6.54 Å². The molecule has 3 nitrogen and oxygen atoms in total. The number of aliphatic hydroxyl groups excluding tert-OH is 1. The van der Waals surface area contributed by atoms with Crippen molar-refractivity contribution in [2.75, 3.05) is 13.2 Å². The van der Waals surface area contributed by atoms with Crippen LogP contribution in [0.4, 0.5) is 0 Å². The van der Waals surface area contributed by atoms with E-state index in [-0.39, 0.29) is 6.10 Å². The zero-order chi connectivity index (χ0) is 12.5. The van der Waals surface area contributed by atoms with Gasteiger partial charge in [-0.15, -0.1) is 0 Å². The van der Waals surface area contributed by atoms with Crippen molar-refractivity contribution >= 4 is 0 Å². The molecule has 1 atom stereocenters. The zero-order valence-electron chi connectivity index (χ0n) is 10.8. The van der Waals surface area contributed by atoms with Crippen molar-refractivity contribution in [3.05, 3.63) is 29.8 Å². The molecule has 0 aromatic heterocycles. The van der Waals surface area contributed by atoms with E-state index < -0.39 is 0 Å². The second-order valence-corrected chi connectivity index (χ2v) is 4.33. The van der Waals surface area contributed by atoms with Crippen molar-refractivity contribution in [2.24, 2.45) is 0 Å². The summed E-state index contributed by atoms with van der Waals surface area (Å²) in [7, 11) is 0. The molecule has 0 heterocycles. The molecular weight excluding hydrogens is 214 g/mol. The number of aliphatic hydroxyl groups is 1. The Labute approximate surface area is 104 Å². The van der Waals surface area contributed by atoms with Crippen molar-refractivity contribution in [2.45, 2.75) is 39.3 Å². The molecule has 96 valence electrons. The third kappa shape index (κ3) is 6.29. The molecule has 0 unspecified atom stereocenters.